The number of rotatable bonds is 2. The lowest BCUT2D eigenvalue weighted by Crippen LogP contribution is -2.33. The van der Waals surface area contributed by atoms with Crippen molar-refractivity contribution in [2.24, 2.45) is 0 Å². The molecule has 0 aliphatic rings. The fraction of sp³-hybridized carbons (Fsp3) is 0.333. The summed E-state index contributed by atoms with van der Waals surface area (Å²) in [6.07, 6.45) is 0. The second-order valence-corrected chi connectivity index (χ2v) is 3.86. The molecule has 0 saturated carbocycles. The van der Waals surface area contributed by atoms with Crippen molar-refractivity contribution in [1.82, 2.24) is 0 Å². The zero-order valence-corrected chi connectivity index (χ0v) is 8.72. The van der Waals surface area contributed by atoms with Crippen LogP contribution in [0.5, 0.6) is 0 Å². The van der Waals surface area contributed by atoms with E-state index in [4.69, 9.17) is 21.6 Å². The van der Waals surface area contributed by atoms with Crippen molar-refractivity contribution < 1.29 is 14.4 Å². The van der Waals surface area contributed by atoms with Crippen LogP contribution in [0.2, 0.25) is 5.02 Å². The molecule has 0 spiro atoms. The van der Waals surface area contributed by atoms with Crippen LogP contribution in [0.25, 0.3) is 0 Å². The monoisotopic (exact) mass is 216 g/mol. The van der Waals surface area contributed by atoms with E-state index in [-0.39, 0.29) is 11.4 Å². The predicted molar refractivity (Wildman–Crippen MR) is 55.3 cm³/mol. The van der Waals surface area contributed by atoms with E-state index in [0.717, 1.165) is 0 Å². The third-order valence-corrected chi connectivity index (χ3v) is 2.21. The molecule has 0 amide bonds. The molecular weight excluding hydrogens is 205 g/mol. The summed E-state index contributed by atoms with van der Waals surface area (Å²) < 4.78 is 13.6. The van der Waals surface area contributed by atoms with Crippen LogP contribution >= 0.6 is 11.6 Å². The molecule has 1 aromatic carbocycles. The summed E-state index contributed by atoms with van der Waals surface area (Å²) in [6, 6.07) is 2.71. The van der Waals surface area contributed by atoms with E-state index in [1.165, 1.54) is 12.1 Å². The quantitative estimate of drug-likeness (QED) is 0.731. The van der Waals surface area contributed by atoms with Gasteiger partial charge in [0, 0.05) is 10.5 Å². The van der Waals surface area contributed by atoms with Crippen molar-refractivity contribution in [3.05, 3.63) is 28.5 Å². The summed E-state index contributed by atoms with van der Waals surface area (Å²) in [5, 5.41) is 18.1. The van der Waals surface area contributed by atoms with Gasteiger partial charge in [0.1, 0.15) is 5.82 Å². The van der Waals surface area contributed by atoms with E-state index in [1.54, 1.807) is 0 Å². The first kappa shape index (κ1) is 11.5. The molecule has 0 fully saturated rings. The molecule has 2 nitrogen and oxygen atoms in total. The number of benzene rings is 1. The summed E-state index contributed by atoms with van der Waals surface area (Å²) >= 11 is 5.72. The van der Waals surface area contributed by atoms with Gasteiger partial charge in [-0.15, -0.1) is 0 Å². The predicted octanol–water partition coefficient (Wildman–Crippen LogP) is 1.28. The van der Waals surface area contributed by atoms with E-state index < -0.39 is 12.9 Å². The van der Waals surface area contributed by atoms with Gasteiger partial charge in [0.25, 0.3) is 0 Å². The minimum atomic E-state index is -1.83. The van der Waals surface area contributed by atoms with Gasteiger partial charge in [0.15, 0.2) is 0 Å². The summed E-state index contributed by atoms with van der Waals surface area (Å²) in [4.78, 5) is 0. The maximum absolute atomic E-state index is 13.6. The Hall–Kier alpha value is -0.575. The molecule has 0 bridgehead atoms. The van der Waals surface area contributed by atoms with Crippen LogP contribution in [0, 0.1) is 5.82 Å². The molecule has 14 heavy (non-hydrogen) atoms. The second kappa shape index (κ2) is 4.30. The average Bonchev–Trinajstić information content (AvgIpc) is 2.07. The topological polar surface area (TPSA) is 40.5 Å². The lowest BCUT2D eigenvalue weighted by atomic mass is 9.78. The first-order valence-corrected chi connectivity index (χ1v) is 4.66. The normalized spacial score (nSPS) is 10.8. The highest BCUT2D eigenvalue weighted by Gasteiger charge is 2.21. The van der Waals surface area contributed by atoms with Crippen molar-refractivity contribution in [2.75, 3.05) is 0 Å². The third kappa shape index (κ3) is 2.26. The average molecular weight is 216 g/mol. The molecule has 0 radical (unpaired) electrons. The van der Waals surface area contributed by atoms with Gasteiger partial charge in [-0.1, -0.05) is 25.4 Å². The van der Waals surface area contributed by atoms with E-state index in [9.17, 15) is 4.39 Å². The van der Waals surface area contributed by atoms with E-state index in [0.29, 0.717) is 10.6 Å². The lowest BCUT2D eigenvalue weighted by Gasteiger charge is -2.11. The molecule has 2 N–H and O–H groups in total. The minimum Gasteiger partial charge on any atom is -0.423 e. The smallest absolute Gasteiger partial charge is 0.423 e. The molecule has 0 aliphatic heterocycles. The molecule has 1 aromatic rings. The van der Waals surface area contributed by atoms with Gasteiger partial charge in [0.2, 0.25) is 0 Å². The second-order valence-electron chi connectivity index (χ2n) is 3.43. The van der Waals surface area contributed by atoms with E-state index in [1.807, 2.05) is 13.8 Å². The Morgan fingerprint density at radius 3 is 2.36 bits per heavy atom. The van der Waals surface area contributed by atoms with Crippen LogP contribution < -0.4 is 5.46 Å². The summed E-state index contributed by atoms with van der Waals surface area (Å²) in [6.45, 7) is 3.62. The summed E-state index contributed by atoms with van der Waals surface area (Å²) in [7, 11) is -1.83. The Balaban J connectivity index is 3.32. The number of hydrogen-bond acceptors (Lipinski definition) is 2. The Morgan fingerprint density at radius 2 is 1.93 bits per heavy atom. The minimum absolute atomic E-state index is 0.0498. The van der Waals surface area contributed by atoms with Gasteiger partial charge in [-0.3, -0.25) is 0 Å². The van der Waals surface area contributed by atoms with Gasteiger partial charge in [-0.25, -0.2) is 4.39 Å². The van der Waals surface area contributed by atoms with Gasteiger partial charge < -0.3 is 10.0 Å². The van der Waals surface area contributed by atoms with E-state index >= 15 is 0 Å². The first-order chi connectivity index (χ1) is 6.43. The Bertz CT molecular complexity index is 313. The maximum Gasteiger partial charge on any atom is 0.491 e. The van der Waals surface area contributed by atoms with Gasteiger partial charge >= 0.3 is 7.12 Å². The molecule has 0 heterocycles. The molecule has 0 aliphatic carbocycles. The molecule has 76 valence electrons. The van der Waals surface area contributed by atoms with Crippen LogP contribution in [0.4, 0.5) is 4.39 Å². The SMILES string of the molecule is CC(C)c1cc(Cl)cc(B(O)O)c1F. The van der Waals surface area contributed by atoms with E-state index in [2.05, 4.69) is 0 Å². The van der Waals surface area contributed by atoms with Gasteiger partial charge in [-0.2, -0.15) is 0 Å². The first-order valence-electron chi connectivity index (χ1n) is 4.28. The van der Waals surface area contributed by atoms with Crippen molar-refractivity contribution in [2.45, 2.75) is 19.8 Å². The van der Waals surface area contributed by atoms with Crippen molar-refractivity contribution in [1.29, 1.82) is 0 Å². The number of halogens is 2. The standard InChI is InChI=1S/C9H11BClFO2/c1-5(2)7-3-6(11)4-8(9(7)12)10(13)14/h3-5,13-14H,1-2H3. The fourth-order valence-corrected chi connectivity index (χ4v) is 1.48. The molecule has 0 unspecified atom stereocenters. The van der Waals surface area contributed by atoms with Crippen LogP contribution in [0.3, 0.4) is 0 Å². The highest BCUT2D eigenvalue weighted by Crippen LogP contribution is 2.21. The largest absolute Gasteiger partial charge is 0.491 e. The van der Waals surface area contributed by atoms with Crippen LogP contribution in [0.1, 0.15) is 25.3 Å². The molecule has 0 atom stereocenters. The van der Waals surface area contributed by atoms with Crippen molar-refractivity contribution in [3.63, 3.8) is 0 Å². The summed E-state index contributed by atoms with van der Waals surface area (Å²) in [5.74, 6) is -0.648. The van der Waals surface area contributed by atoms with Gasteiger partial charge in [-0.05, 0) is 23.6 Å². The lowest BCUT2D eigenvalue weighted by molar-refractivity contribution is 0.422. The fourth-order valence-electron chi connectivity index (χ4n) is 1.24. The number of hydrogen-bond donors (Lipinski definition) is 2. The summed E-state index contributed by atoms with van der Waals surface area (Å²) in [5.41, 5.74) is 0.210. The van der Waals surface area contributed by atoms with Crippen LogP contribution in [-0.2, 0) is 0 Å². The Kier molecular flexibility index (Phi) is 3.53. The highest BCUT2D eigenvalue weighted by molar-refractivity contribution is 6.59. The van der Waals surface area contributed by atoms with Gasteiger partial charge in [0.05, 0.1) is 0 Å². The molecule has 0 aromatic heterocycles. The zero-order chi connectivity index (χ0) is 10.9. The Morgan fingerprint density at radius 1 is 1.36 bits per heavy atom. The Labute approximate surface area is 87.5 Å². The molecule has 1 rings (SSSR count). The maximum atomic E-state index is 13.6. The van der Waals surface area contributed by atoms with Crippen molar-refractivity contribution in [3.8, 4) is 0 Å². The highest BCUT2D eigenvalue weighted by atomic mass is 35.5. The van der Waals surface area contributed by atoms with Crippen LogP contribution in [0.15, 0.2) is 12.1 Å². The molecular formula is C9H11BClFO2. The zero-order valence-electron chi connectivity index (χ0n) is 7.96. The third-order valence-electron chi connectivity index (χ3n) is 1.99. The van der Waals surface area contributed by atoms with Crippen LogP contribution in [-0.4, -0.2) is 17.2 Å². The molecule has 0 saturated heterocycles. The van der Waals surface area contributed by atoms with Crippen molar-refractivity contribution >= 4 is 24.2 Å². The molecule has 5 heteroatoms.